The van der Waals surface area contributed by atoms with Crippen LogP contribution in [0.3, 0.4) is 0 Å². The highest BCUT2D eigenvalue weighted by Gasteiger charge is 2.16. The van der Waals surface area contributed by atoms with Crippen LogP contribution in [0.4, 0.5) is 4.39 Å². The first-order valence-electron chi connectivity index (χ1n) is 17.8. The molecule has 0 aliphatic carbocycles. The van der Waals surface area contributed by atoms with Gasteiger partial charge in [0.2, 0.25) is 0 Å². The highest BCUT2D eigenvalue weighted by molar-refractivity contribution is 5.91. The monoisotopic (exact) mass is 724 g/mol. The summed E-state index contributed by atoms with van der Waals surface area (Å²) in [5.74, 6) is -1.05. The summed E-state index contributed by atoms with van der Waals surface area (Å²) >= 11 is 0. The lowest BCUT2D eigenvalue weighted by molar-refractivity contribution is 0.0682. The molecular formula is C47H45FO6. The van der Waals surface area contributed by atoms with Crippen molar-refractivity contribution in [1.29, 1.82) is 0 Å². The quantitative estimate of drug-likeness (QED) is 0.138. The van der Waals surface area contributed by atoms with Crippen LogP contribution in [-0.2, 0) is 13.2 Å². The van der Waals surface area contributed by atoms with Crippen LogP contribution in [0.5, 0.6) is 11.5 Å². The normalized spacial score (nSPS) is 10.7. The Kier molecular flexibility index (Phi) is 12.7. The Morgan fingerprint density at radius 3 is 1.30 bits per heavy atom. The average molecular weight is 725 g/mol. The number of aryl methyl sites for hydroxylation is 4. The Bertz CT molecular complexity index is 2210. The fourth-order valence-electron chi connectivity index (χ4n) is 6.43. The van der Waals surface area contributed by atoms with E-state index in [2.05, 4.69) is 24.3 Å². The van der Waals surface area contributed by atoms with E-state index in [-0.39, 0.29) is 11.5 Å². The van der Waals surface area contributed by atoms with E-state index in [4.69, 9.17) is 14.6 Å². The molecule has 0 bridgehead atoms. The smallest absolute Gasteiger partial charge is 0.338 e. The van der Waals surface area contributed by atoms with Gasteiger partial charge in [-0.2, -0.15) is 0 Å². The van der Waals surface area contributed by atoms with Crippen LogP contribution in [0.25, 0.3) is 22.3 Å². The van der Waals surface area contributed by atoms with Gasteiger partial charge in [-0.3, -0.25) is 0 Å². The fourth-order valence-corrected chi connectivity index (χ4v) is 6.43. The number of hydrogen-bond acceptors (Lipinski definition) is 4. The van der Waals surface area contributed by atoms with Gasteiger partial charge in [0.1, 0.15) is 30.5 Å². The zero-order chi connectivity index (χ0) is 38.9. The highest BCUT2D eigenvalue weighted by atomic mass is 19.1. The molecule has 0 fully saturated rings. The van der Waals surface area contributed by atoms with Gasteiger partial charge in [0.15, 0.2) is 0 Å². The first-order chi connectivity index (χ1) is 25.8. The molecule has 0 saturated carbocycles. The van der Waals surface area contributed by atoms with Crippen molar-refractivity contribution in [1.82, 2.24) is 0 Å². The third kappa shape index (κ3) is 9.61. The van der Waals surface area contributed by atoms with Crippen molar-refractivity contribution in [3.63, 3.8) is 0 Å². The lowest BCUT2D eigenvalue weighted by Gasteiger charge is -2.16. The first kappa shape index (κ1) is 39.0. The topological polar surface area (TPSA) is 93.1 Å². The molecule has 2 N–H and O–H groups in total. The molecule has 0 radical (unpaired) electrons. The van der Waals surface area contributed by atoms with E-state index in [1.165, 1.54) is 12.1 Å². The van der Waals surface area contributed by atoms with Gasteiger partial charge in [0, 0.05) is 0 Å². The molecule has 0 saturated heterocycles. The molecule has 0 spiro atoms. The molecule has 6 aromatic carbocycles. The minimum atomic E-state index is -1.27. The van der Waals surface area contributed by atoms with Crippen molar-refractivity contribution >= 4 is 11.9 Å². The van der Waals surface area contributed by atoms with Gasteiger partial charge in [0.25, 0.3) is 0 Å². The SMILES string of the molecule is Cc1cc(-c2ccc(C(=O)O)c(C(C)C)c2)cc(C)c1OCc1ccccc1.Cc1cc(-c2ccc(C(=O)O)c(F)c2)cc(C)c1OCc1ccccc1. The molecule has 0 amide bonds. The second-order valence-corrected chi connectivity index (χ2v) is 13.7. The third-order valence-electron chi connectivity index (χ3n) is 9.14. The van der Waals surface area contributed by atoms with Crippen LogP contribution in [0.15, 0.2) is 121 Å². The second kappa shape index (κ2) is 17.5. The second-order valence-electron chi connectivity index (χ2n) is 13.7. The van der Waals surface area contributed by atoms with Crippen LogP contribution >= 0.6 is 0 Å². The molecule has 0 aromatic heterocycles. The molecule has 0 unspecified atom stereocenters. The molecule has 6 rings (SSSR count). The van der Waals surface area contributed by atoms with Gasteiger partial charge in [-0.25, -0.2) is 14.0 Å². The average Bonchev–Trinajstić information content (AvgIpc) is 3.14. The van der Waals surface area contributed by atoms with E-state index in [1.54, 1.807) is 12.1 Å². The predicted octanol–water partition coefficient (Wildman–Crippen LogP) is 11.8. The molecular weight excluding hydrogens is 680 g/mol. The molecule has 0 aliphatic rings. The maximum atomic E-state index is 14.0. The summed E-state index contributed by atoms with van der Waals surface area (Å²) in [7, 11) is 0. The third-order valence-corrected chi connectivity index (χ3v) is 9.14. The Balaban J connectivity index is 0.000000208. The number of carbonyl (C=O) groups is 2. The Labute approximate surface area is 316 Å². The first-order valence-corrected chi connectivity index (χ1v) is 17.8. The standard InChI is InChI=1S/C25H26O3.C22H19FO3/c1-16(2)23-14-20(10-11-22(23)25(26)27)21-12-17(3)24(18(4)13-21)28-15-19-8-6-5-7-9-19;1-14-10-18(17-8-9-19(22(24)25)20(23)12-17)11-15(2)21(14)26-13-16-6-4-3-5-7-16/h5-14,16H,15H2,1-4H3,(H,26,27);3-12H,13H2,1-2H3,(H,24,25). The van der Waals surface area contributed by atoms with Crippen LogP contribution in [0.1, 0.15) is 79.4 Å². The molecule has 0 heterocycles. The highest BCUT2D eigenvalue weighted by Crippen LogP contribution is 2.34. The Hall–Kier alpha value is -6.21. The van der Waals surface area contributed by atoms with Crippen molar-refractivity contribution in [3.8, 4) is 33.8 Å². The summed E-state index contributed by atoms with van der Waals surface area (Å²) in [6, 6.07) is 37.8. The van der Waals surface area contributed by atoms with Gasteiger partial charge in [-0.15, -0.1) is 0 Å². The number of ether oxygens (including phenoxy) is 2. The van der Waals surface area contributed by atoms with Crippen molar-refractivity contribution < 1.29 is 33.7 Å². The Morgan fingerprint density at radius 2 is 0.926 bits per heavy atom. The summed E-state index contributed by atoms with van der Waals surface area (Å²) in [4.78, 5) is 22.5. The molecule has 0 aliphatic heterocycles. The molecule has 7 heteroatoms. The number of aromatic carboxylic acids is 2. The van der Waals surface area contributed by atoms with Crippen molar-refractivity contribution in [3.05, 3.63) is 177 Å². The number of carboxylic acids is 2. The van der Waals surface area contributed by atoms with Crippen LogP contribution in [-0.4, -0.2) is 22.2 Å². The van der Waals surface area contributed by atoms with Gasteiger partial charge in [-0.1, -0.05) is 92.7 Å². The maximum Gasteiger partial charge on any atom is 0.338 e. The zero-order valence-corrected chi connectivity index (χ0v) is 31.4. The fraction of sp³-hybridized carbons (Fsp3) is 0.191. The van der Waals surface area contributed by atoms with E-state index in [0.29, 0.717) is 24.3 Å². The minimum Gasteiger partial charge on any atom is -0.488 e. The summed E-state index contributed by atoms with van der Waals surface area (Å²) in [6.45, 7) is 13.0. The molecule has 276 valence electrons. The molecule has 0 atom stereocenters. The van der Waals surface area contributed by atoms with E-state index >= 15 is 0 Å². The van der Waals surface area contributed by atoms with Gasteiger partial charge < -0.3 is 19.7 Å². The number of benzene rings is 6. The predicted molar refractivity (Wildman–Crippen MR) is 212 cm³/mol. The van der Waals surface area contributed by atoms with Gasteiger partial charge >= 0.3 is 11.9 Å². The van der Waals surface area contributed by atoms with E-state index in [1.807, 2.05) is 114 Å². The van der Waals surface area contributed by atoms with Crippen molar-refractivity contribution in [2.24, 2.45) is 0 Å². The number of halogens is 1. The zero-order valence-electron chi connectivity index (χ0n) is 31.4. The number of hydrogen-bond donors (Lipinski definition) is 2. The minimum absolute atomic E-state index is 0.140. The summed E-state index contributed by atoms with van der Waals surface area (Å²) < 4.78 is 26.0. The van der Waals surface area contributed by atoms with Gasteiger partial charge in [-0.05, 0) is 137 Å². The van der Waals surface area contributed by atoms with Crippen molar-refractivity contribution in [2.45, 2.75) is 60.7 Å². The van der Waals surface area contributed by atoms with Crippen molar-refractivity contribution in [2.75, 3.05) is 0 Å². The lowest BCUT2D eigenvalue weighted by atomic mass is 9.91. The number of carboxylic acid groups (broad SMARTS) is 2. The summed E-state index contributed by atoms with van der Waals surface area (Å²) in [5, 5.41) is 18.4. The van der Waals surface area contributed by atoms with Crippen LogP contribution in [0.2, 0.25) is 0 Å². The van der Waals surface area contributed by atoms with Crippen LogP contribution in [0, 0.1) is 33.5 Å². The Morgan fingerprint density at radius 1 is 0.537 bits per heavy atom. The van der Waals surface area contributed by atoms with E-state index in [0.717, 1.165) is 67.1 Å². The summed E-state index contributed by atoms with van der Waals surface area (Å²) in [5.41, 5.74) is 10.7. The molecule has 6 nitrogen and oxygen atoms in total. The van der Waals surface area contributed by atoms with Crippen LogP contribution < -0.4 is 9.47 Å². The molecule has 6 aromatic rings. The van der Waals surface area contributed by atoms with E-state index in [9.17, 15) is 19.1 Å². The van der Waals surface area contributed by atoms with Gasteiger partial charge in [0.05, 0.1) is 11.1 Å². The molecule has 54 heavy (non-hydrogen) atoms. The summed E-state index contributed by atoms with van der Waals surface area (Å²) in [6.07, 6.45) is 0. The number of rotatable bonds is 11. The van der Waals surface area contributed by atoms with E-state index < -0.39 is 17.8 Å². The largest absolute Gasteiger partial charge is 0.488 e. The lowest BCUT2D eigenvalue weighted by Crippen LogP contribution is -2.04. The maximum absolute atomic E-state index is 14.0.